The van der Waals surface area contributed by atoms with Crippen LogP contribution in [0.15, 0.2) is 24.3 Å². The van der Waals surface area contributed by atoms with Crippen LogP contribution in [-0.2, 0) is 6.61 Å². The van der Waals surface area contributed by atoms with Gasteiger partial charge in [0.1, 0.15) is 22.2 Å². The van der Waals surface area contributed by atoms with Crippen LogP contribution in [0.3, 0.4) is 0 Å². The molecule has 2 aromatic rings. The number of piperidine rings is 1. The maximum Gasteiger partial charge on any atom is 0.263 e. The number of halogens is 1. The second-order valence-electron chi connectivity index (χ2n) is 7.57. The summed E-state index contributed by atoms with van der Waals surface area (Å²) in [7, 11) is 0. The Labute approximate surface area is 176 Å². The summed E-state index contributed by atoms with van der Waals surface area (Å²) < 4.78 is 5.73. The summed E-state index contributed by atoms with van der Waals surface area (Å²) in [6, 6.07) is 7.55. The molecule has 7 heteroatoms. The van der Waals surface area contributed by atoms with Crippen LogP contribution in [0.1, 0.15) is 47.1 Å². The van der Waals surface area contributed by atoms with Gasteiger partial charge in [-0.1, -0.05) is 18.5 Å². The average Bonchev–Trinajstić information content (AvgIpc) is 3.06. The maximum atomic E-state index is 12.6. The smallest absolute Gasteiger partial charge is 0.263 e. The molecule has 1 aliphatic rings. The molecule has 0 spiro atoms. The molecule has 0 radical (unpaired) electrons. The zero-order chi connectivity index (χ0) is 20.1. The first-order chi connectivity index (χ1) is 13.4. The van der Waals surface area contributed by atoms with Gasteiger partial charge in [-0.2, -0.15) is 0 Å². The van der Waals surface area contributed by atoms with Crippen molar-refractivity contribution >= 4 is 28.8 Å². The molecule has 1 aliphatic heterocycles. The van der Waals surface area contributed by atoms with E-state index in [0.717, 1.165) is 35.5 Å². The minimum Gasteiger partial charge on any atom is -0.486 e. The number of rotatable bonds is 7. The Balaban J connectivity index is 1.51. The zero-order valence-electron chi connectivity index (χ0n) is 16.7. The lowest BCUT2D eigenvalue weighted by Crippen LogP contribution is -2.46. The first kappa shape index (κ1) is 21.1. The summed E-state index contributed by atoms with van der Waals surface area (Å²) in [5, 5.41) is 4.54. The van der Waals surface area contributed by atoms with Gasteiger partial charge in [-0.25, -0.2) is 4.98 Å². The zero-order valence-corrected chi connectivity index (χ0v) is 18.3. The van der Waals surface area contributed by atoms with Crippen molar-refractivity contribution in [3.63, 3.8) is 0 Å². The molecule has 2 heterocycles. The molecule has 1 amide bonds. The first-order valence-electron chi connectivity index (χ1n) is 9.79. The number of carbonyl (C=O) groups excluding carboxylic acids is 1. The molecule has 1 saturated heterocycles. The largest absolute Gasteiger partial charge is 0.486 e. The van der Waals surface area contributed by atoms with Gasteiger partial charge in [0.2, 0.25) is 0 Å². The van der Waals surface area contributed by atoms with Crippen molar-refractivity contribution in [1.82, 2.24) is 15.2 Å². The number of ether oxygens (including phenoxy) is 1. The van der Waals surface area contributed by atoms with E-state index < -0.39 is 0 Å². The Morgan fingerprint density at radius 3 is 2.89 bits per heavy atom. The van der Waals surface area contributed by atoms with Gasteiger partial charge in [-0.15, -0.1) is 11.3 Å². The first-order valence-corrected chi connectivity index (χ1v) is 11.0. The number of aryl methyl sites for hydroxylation is 1. The molecule has 3 rings (SSSR count). The van der Waals surface area contributed by atoms with Gasteiger partial charge in [0.25, 0.3) is 5.91 Å². The second kappa shape index (κ2) is 9.72. The highest BCUT2D eigenvalue weighted by Crippen LogP contribution is 2.22. The van der Waals surface area contributed by atoms with Crippen LogP contribution in [0.2, 0.25) is 5.02 Å². The summed E-state index contributed by atoms with van der Waals surface area (Å²) in [6.45, 7) is 9.57. The number of aromatic nitrogens is 1. The molecule has 2 atom stereocenters. The SMILES string of the molecule is Cc1nc(COc2ccc(Cl)cc2)sc1C(=O)NCC(C)N1CCCC(C)C1. The van der Waals surface area contributed by atoms with Crippen LogP contribution < -0.4 is 10.1 Å². The van der Waals surface area contributed by atoms with Crippen molar-refractivity contribution in [1.29, 1.82) is 0 Å². The Morgan fingerprint density at radius 2 is 2.18 bits per heavy atom. The highest BCUT2D eigenvalue weighted by atomic mass is 35.5. The molecule has 0 aliphatic carbocycles. The quantitative estimate of drug-likeness (QED) is 0.713. The van der Waals surface area contributed by atoms with Crippen molar-refractivity contribution in [3.05, 3.63) is 44.9 Å². The van der Waals surface area contributed by atoms with Crippen LogP contribution in [0.4, 0.5) is 0 Å². The maximum absolute atomic E-state index is 12.6. The standard InChI is InChI=1S/C21H28ClN3O2S/c1-14-5-4-10-25(12-14)15(2)11-23-21(26)20-16(3)24-19(28-20)13-27-18-8-6-17(22)7-9-18/h6-9,14-15H,4-5,10-13H2,1-3H3,(H,23,26). The molecule has 1 aromatic carbocycles. The Bertz CT molecular complexity index is 793. The minimum absolute atomic E-state index is 0.0512. The third kappa shape index (κ3) is 5.69. The number of thiazole rings is 1. The Kier molecular flexibility index (Phi) is 7.32. The van der Waals surface area contributed by atoms with Crippen molar-refractivity contribution in [2.75, 3.05) is 19.6 Å². The summed E-state index contributed by atoms with van der Waals surface area (Å²) in [4.78, 5) is 20.2. The van der Waals surface area contributed by atoms with E-state index in [9.17, 15) is 4.79 Å². The number of carbonyl (C=O) groups is 1. The third-order valence-corrected chi connectivity index (χ3v) is 6.47. The number of benzene rings is 1. The van der Waals surface area contributed by atoms with Crippen LogP contribution in [0.25, 0.3) is 0 Å². The molecular weight excluding hydrogens is 394 g/mol. The summed E-state index contributed by atoms with van der Waals surface area (Å²) in [5.41, 5.74) is 0.747. The normalized spacial score (nSPS) is 18.6. The Hall–Kier alpha value is -1.63. The summed E-state index contributed by atoms with van der Waals surface area (Å²) in [5.74, 6) is 1.41. The molecule has 1 fully saturated rings. The molecule has 2 unspecified atom stereocenters. The lowest BCUT2D eigenvalue weighted by Gasteiger charge is -2.35. The Morgan fingerprint density at radius 1 is 1.43 bits per heavy atom. The molecule has 152 valence electrons. The number of nitrogens with zero attached hydrogens (tertiary/aromatic N) is 2. The number of hydrogen-bond donors (Lipinski definition) is 1. The molecule has 28 heavy (non-hydrogen) atoms. The number of nitrogens with one attached hydrogen (secondary N) is 1. The van der Waals surface area contributed by atoms with Crippen LogP contribution in [-0.4, -0.2) is 41.5 Å². The van der Waals surface area contributed by atoms with E-state index in [2.05, 4.69) is 29.0 Å². The summed E-state index contributed by atoms with van der Waals surface area (Å²) in [6.07, 6.45) is 2.54. The fourth-order valence-electron chi connectivity index (χ4n) is 3.48. The number of amides is 1. The van der Waals surface area contributed by atoms with Crippen molar-refractivity contribution in [2.24, 2.45) is 5.92 Å². The predicted octanol–water partition coefficient (Wildman–Crippen LogP) is 4.53. The summed E-state index contributed by atoms with van der Waals surface area (Å²) >= 11 is 7.27. The molecular formula is C21H28ClN3O2S. The van der Waals surface area contributed by atoms with E-state index in [1.807, 2.05) is 19.1 Å². The van der Waals surface area contributed by atoms with E-state index in [-0.39, 0.29) is 5.91 Å². The molecule has 5 nitrogen and oxygen atoms in total. The van der Waals surface area contributed by atoms with E-state index in [0.29, 0.717) is 29.1 Å². The van der Waals surface area contributed by atoms with Crippen molar-refractivity contribution < 1.29 is 9.53 Å². The highest BCUT2D eigenvalue weighted by Gasteiger charge is 2.22. The molecule has 0 bridgehead atoms. The minimum atomic E-state index is -0.0512. The van der Waals surface area contributed by atoms with Gasteiger partial charge in [-0.3, -0.25) is 9.69 Å². The van der Waals surface area contributed by atoms with Gasteiger partial charge in [0.15, 0.2) is 0 Å². The van der Waals surface area contributed by atoms with Gasteiger partial charge < -0.3 is 10.1 Å². The topological polar surface area (TPSA) is 54.5 Å². The molecule has 1 N–H and O–H groups in total. The van der Waals surface area contributed by atoms with E-state index in [1.54, 1.807) is 12.1 Å². The van der Waals surface area contributed by atoms with Crippen molar-refractivity contribution in [3.8, 4) is 5.75 Å². The monoisotopic (exact) mass is 421 g/mol. The van der Waals surface area contributed by atoms with Gasteiger partial charge in [0, 0.05) is 24.2 Å². The van der Waals surface area contributed by atoms with Gasteiger partial charge in [0.05, 0.1) is 5.69 Å². The van der Waals surface area contributed by atoms with E-state index in [4.69, 9.17) is 16.3 Å². The van der Waals surface area contributed by atoms with Crippen LogP contribution in [0.5, 0.6) is 5.75 Å². The number of likely N-dealkylation sites (tertiary alicyclic amines) is 1. The van der Waals surface area contributed by atoms with Crippen LogP contribution in [0, 0.1) is 12.8 Å². The molecule has 1 aromatic heterocycles. The highest BCUT2D eigenvalue weighted by molar-refractivity contribution is 7.13. The fourth-order valence-corrected chi connectivity index (χ4v) is 4.50. The van der Waals surface area contributed by atoms with Gasteiger partial charge in [-0.05, 0) is 63.4 Å². The fraction of sp³-hybridized carbons (Fsp3) is 0.524. The third-order valence-electron chi connectivity index (χ3n) is 5.09. The second-order valence-corrected chi connectivity index (χ2v) is 9.09. The van der Waals surface area contributed by atoms with E-state index >= 15 is 0 Å². The van der Waals surface area contributed by atoms with E-state index in [1.165, 1.54) is 24.2 Å². The van der Waals surface area contributed by atoms with Gasteiger partial charge >= 0.3 is 0 Å². The van der Waals surface area contributed by atoms with Crippen LogP contribution >= 0.6 is 22.9 Å². The predicted molar refractivity (Wildman–Crippen MR) is 114 cm³/mol. The average molecular weight is 422 g/mol. The lowest BCUT2D eigenvalue weighted by molar-refractivity contribution is 0.0920. The number of hydrogen-bond acceptors (Lipinski definition) is 5. The lowest BCUT2D eigenvalue weighted by atomic mass is 9.99. The molecule has 0 saturated carbocycles. The van der Waals surface area contributed by atoms with Crippen molar-refractivity contribution in [2.45, 2.75) is 46.3 Å².